The third kappa shape index (κ3) is 6.71. The molecule has 0 spiro atoms. The molecule has 6 nitrogen and oxygen atoms in total. The number of hydrogen-bond acceptors (Lipinski definition) is 5. The highest BCUT2D eigenvalue weighted by atomic mass is 16.5. The molecule has 0 saturated heterocycles. The summed E-state index contributed by atoms with van der Waals surface area (Å²) in [4.78, 5) is 18.2. The minimum atomic E-state index is 0.0821. The van der Waals surface area contributed by atoms with Gasteiger partial charge in [-0.05, 0) is 41.0 Å². The van der Waals surface area contributed by atoms with E-state index in [4.69, 9.17) is 4.52 Å². The summed E-state index contributed by atoms with van der Waals surface area (Å²) in [5.74, 6) is 1.32. The average Bonchev–Trinajstić information content (AvgIpc) is 2.79. The third-order valence-corrected chi connectivity index (χ3v) is 3.38. The van der Waals surface area contributed by atoms with Gasteiger partial charge in [0, 0.05) is 38.0 Å². The number of amides is 1. The summed E-state index contributed by atoms with van der Waals surface area (Å²) in [5, 5.41) is 6.69. The molecule has 0 aliphatic rings. The maximum absolute atomic E-state index is 11.8. The Morgan fingerprint density at radius 1 is 1.29 bits per heavy atom. The molecule has 0 saturated carbocycles. The predicted molar refractivity (Wildman–Crippen MR) is 82.0 cm³/mol. The molecule has 120 valence electrons. The van der Waals surface area contributed by atoms with Crippen LogP contribution >= 0.6 is 0 Å². The van der Waals surface area contributed by atoms with Gasteiger partial charge in [-0.25, -0.2) is 0 Å². The molecule has 0 bridgehead atoms. The van der Waals surface area contributed by atoms with E-state index in [0.29, 0.717) is 43.2 Å². The standard InChI is InChI=1S/C15H28N4O2/c1-11(2)19(12(3)4)10-9-16-14(20)7-6-8-15-17-13(5)18-21-15/h11-12H,6-10H2,1-5H3,(H,16,20). The van der Waals surface area contributed by atoms with Crippen molar-refractivity contribution in [2.45, 2.75) is 66.0 Å². The minimum Gasteiger partial charge on any atom is -0.355 e. The Morgan fingerprint density at radius 2 is 1.95 bits per heavy atom. The maximum atomic E-state index is 11.8. The number of nitrogens with zero attached hydrogens (tertiary/aromatic N) is 3. The molecule has 6 heteroatoms. The largest absolute Gasteiger partial charge is 0.355 e. The van der Waals surface area contributed by atoms with Crippen LogP contribution in [-0.2, 0) is 11.2 Å². The fourth-order valence-corrected chi connectivity index (χ4v) is 2.37. The van der Waals surface area contributed by atoms with Gasteiger partial charge < -0.3 is 9.84 Å². The molecule has 1 N–H and O–H groups in total. The summed E-state index contributed by atoms with van der Waals surface area (Å²) in [6.07, 6.45) is 1.87. The van der Waals surface area contributed by atoms with Crippen molar-refractivity contribution in [3.63, 3.8) is 0 Å². The lowest BCUT2D eigenvalue weighted by Gasteiger charge is -2.30. The van der Waals surface area contributed by atoms with Gasteiger partial charge in [0.1, 0.15) is 0 Å². The molecule has 0 aliphatic carbocycles. The molecule has 1 aromatic heterocycles. The van der Waals surface area contributed by atoms with Gasteiger partial charge >= 0.3 is 0 Å². The molecule has 1 aromatic rings. The van der Waals surface area contributed by atoms with Crippen LogP contribution in [0.2, 0.25) is 0 Å². The molecule has 0 unspecified atom stereocenters. The first kappa shape index (κ1) is 17.6. The Morgan fingerprint density at radius 3 is 2.48 bits per heavy atom. The molecule has 0 aliphatic heterocycles. The van der Waals surface area contributed by atoms with Gasteiger partial charge in [0.2, 0.25) is 11.8 Å². The second-order valence-electron chi connectivity index (χ2n) is 5.86. The molecular formula is C15H28N4O2. The summed E-state index contributed by atoms with van der Waals surface area (Å²) in [5.41, 5.74) is 0. The van der Waals surface area contributed by atoms with Gasteiger partial charge in [0.25, 0.3) is 0 Å². The van der Waals surface area contributed by atoms with Crippen molar-refractivity contribution in [1.82, 2.24) is 20.4 Å². The van der Waals surface area contributed by atoms with E-state index in [2.05, 4.69) is 48.1 Å². The van der Waals surface area contributed by atoms with Crippen molar-refractivity contribution in [1.29, 1.82) is 0 Å². The number of carbonyl (C=O) groups excluding carboxylic acids is 1. The lowest BCUT2D eigenvalue weighted by atomic mass is 10.2. The van der Waals surface area contributed by atoms with Gasteiger partial charge in [0.15, 0.2) is 5.82 Å². The average molecular weight is 296 g/mol. The zero-order valence-electron chi connectivity index (χ0n) is 13.8. The topological polar surface area (TPSA) is 71.3 Å². The van der Waals surface area contributed by atoms with Crippen LogP contribution in [0.1, 0.15) is 52.3 Å². The van der Waals surface area contributed by atoms with Gasteiger partial charge in [-0.15, -0.1) is 0 Å². The molecule has 0 aromatic carbocycles. The summed E-state index contributed by atoms with van der Waals surface area (Å²) in [6, 6.07) is 0.977. The van der Waals surface area contributed by atoms with Gasteiger partial charge in [-0.3, -0.25) is 9.69 Å². The van der Waals surface area contributed by atoms with Crippen molar-refractivity contribution >= 4 is 5.91 Å². The zero-order chi connectivity index (χ0) is 15.8. The molecule has 0 radical (unpaired) electrons. The highest BCUT2D eigenvalue weighted by Crippen LogP contribution is 2.04. The summed E-state index contributed by atoms with van der Waals surface area (Å²) in [7, 11) is 0. The quantitative estimate of drug-likeness (QED) is 0.754. The number of rotatable bonds is 9. The molecule has 1 heterocycles. The molecule has 0 atom stereocenters. The van der Waals surface area contributed by atoms with Crippen LogP contribution in [0, 0.1) is 6.92 Å². The first-order valence-electron chi connectivity index (χ1n) is 7.71. The predicted octanol–water partition coefficient (Wildman–Crippen LogP) is 1.94. The Hall–Kier alpha value is -1.43. The lowest BCUT2D eigenvalue weighted by molar-refractivity contribution is -0.121. The van der Waals surface area contributed by atoms with E-state index in [1.54, 1.807) is 6.92 Å². The van der Waals surface area contributed by atoms with Gasteiger partial charge in [0.05, 0.1) is 0 Å². The normalized spacial score (nSPS) is 11.6. The van der Waals surface area contributed by atoms with E-state index in [1.165, 1.54) is 0 Å². The van der Waals surface area contributed by atoms with Crippen LogP contribution < -0.4 is 5.32 Å². The molecule has 0 fully saturated rings. The maximum Gasteiger partial charge on any atom is 0.226 e. The van der Waals surface area contributed by atoms with E-state index >= 15 is 0 Å². The van der Waals surface area contributed by atoms with Crippen molar-refractivity contribution in [2.75, 3.05) is 13.1 Å². The van der Waals surface area contributed by atoms with Crippen molar-refractivity contribution in [3.8, 4) is 0 Å². The lowest BCUT2D eigenvalue weighted by Crippen LogP contribution is -2.42. The van der Waals surface area contributed by atoms with Crippen molar-refractivity contribution in [2.24, 2.45) is 0 Å². The van der Waals surface area contributed by atoms with E-state index in [-0.39, 0.29) is 5.91 Å². The number of carbonyl (C=O) groups is 1. The van der Waals surface area contributed by atoms with Crippen LogP contribution in [-0.4, -0.2) is 46.1 Å². The summed E-state index contributed by atoms with van der Waals surface area (Å²) < 4.78 is 5.01. The summed E-state index contributed by atoms with van der Waals surface area (Å²) in [6.45, 7) is 12.1. The van der Waals surface area contributed by atoms with Crippen LogP contribution in [0.4, 0.5) is 0 Å². The molecule has 1 rings (SSSR count). The highest BCUT2D eigenvalue weighted by Gasteiger charge is 2.13. The second kappa shape index (κ2) is 8.77. The van der Waals surface area contributed by atoms with Crippen LogP contribution in [0.25, 0.3) is 0 Å². The number of hydrogen-bond donors (Lipinski definition) is 1. The van der Waals surface area contributed by atoms with Crippen LogP contribution in [0.3, 0.4) is 0 Å². The first-order chi connectivity index (χ1) is 9.90. The Labute approximate surface area is 127 Å². The zero-order valence-corrected chi connectivity index (χ0v) is 13.8. The monoisotopic (exact) mass is 296 g/mol. The number of aryl methyl sites for hydroxylation is 2. The smallest absolute Gasteiger partial charge is 0.226 e. The number of aromatic nitrogens is 2. The highest BCUT2D eigenvalue weighted by molar-refractivity contribution is 5.75. The van der Waals surface area contributed by atoms with E-state index < -0.39 is 0 Å². The molecular weight excluding hydrogens is 268 g/mol. The van der Waals surface area contributed by atoms with Crippen LogP contribution in [0.15, 0.2) is 4.52 Å². The van der Waals surface area contributed by atoms with E-state index in [9.17, 15) is 4.79 Å². The SMILES string of the molecule is Cc1noc(CCCC(=O)NCCN(C(C)C)C(C)C)n1. The minimum absolute atomic E-state index is 0.0821. The Balaban J connectivity index is 2.16. The van der Waals surface area contributed by atoms with Gasteiger partial charge in [-0.2, -0.15) is 4.98 Å². The van der Waals surface area contributed by atoms with E-state index in [1.807, 2.05) is 0 Å². The second-order valence-corrected chi connectivity index (χ2v) is 5.86. The van der Waals surface area contributed by atoms with Gasteiger partial charge in [-0.1, -0.05) is 5.16 Å². The van der Waals surface area contributed by atoms with Crippen molar-refractivity contribution in [3.05, 3.63) is 11.7 Å². The van der Waals surface area contributed by atoms with E-state index in [0.717, 1.165) is 13.0 Å². The fourth-order valence-electron chi connectivity index (χ4n) is 2.37. The van der Waals surface area contributed by atoms with Crippen molar-refractivity contribution < 1.29 is 9.32 Å². The Kier molecular flexibility index (Phi) is 7.36. The Bertz CT molecular complexity index is 421. The fraction of sp³-hybridized carbons (Fsp3) is 0.800. The molecule has 1 amide bonds. The van der Waals surface area contributed by atoms with Crippen LogP contribution in [0.5, 0.6) is 0 Å². The molecule has 21 heavy (non-hydrogen) atoms. The summed E-state index contributed by atoms with van der Waals surface area (Å²) >= 11 is 0. The number of nitrogens with one attached hydrogen (secondary N) is 1. The third-order valence-electron chi connectivity index (χ3n) is 3.38. The first-order valence-corrected chi connectivity index (χ1v) is 7.71.